The van der Waals surface area contributed by atoms with Gasteiger partial charge in [0, 0.05) is 5.38 Å². The first-order chi connectivity index (χ1) is 6.81. The van der Waals surface area contributed by atoms with E-state index in [0.29, 0.717) is 0 Å². The molecule has 14 heavy (non-hydrogen) atoms. The van der Waals surface area contributed by atoms with Crippen molar-refractivity contribution in [3.05, 3.63) is 27.9 Å². The Kier molecular flexibility index (Phi) is 2.93. The van der Waals surface area contributed by atoms with Crippen LogP contribution in [0.2, 0.25) is 0 Å². The van der Waals surface area contributed by atoms with Crippen LogP contribution in [-0.4, -0.2) is 16.7 Å². The smallest absolute Gasteiger partial charge is 0.112 e. The first-order valence-corrected chi connectivity index (χ1v) is 5.93. The molecule has 0 saturated carbocycles. The maximum atomic E-state index is 8.87. The summed E-state index contributed by atoms with van der Waals surface area (Å²) < 4.78 is 0. The lowest BCUT2D eigenvalue weighted by Crippen LogP contribution is -2.13. The van der Waals surface area contributed by atoms with Crippen molar-refractivity contribution in [2.75, 3.05) is 6.61 Å². The second kappa shape index (κ2) is 4.18. The molecule has 0 fully saturated rings. The summed E-state index contributed by atoms with van der Waals surface area (Å²) in [4.78, 5) is 5.50. The molecule has 3 N–H and O–H groups in total. The van der Waals surface area contributed by atoms with Crippen molar-refractivity contribution in [2.45, 2.75) is 6.04 Å². The van der Waals surface area contributed by atoms with Gasteiger partial charge in [0.1, 0.15) is 5.01 Å². The number of aliphatic hydroxyl groups excluding tert-OH is 1. The van der Waals surface area contributed by atoms with Gasteiger partial charge in [-0.3, -0.25) is 0 Å². The third-order valence-electron chi connectivity index (χ3n) is 1.81. The Balaban J connectivity index is 2.26. The molecule has 2 aromatic rings. The van der Waals surface area contributed by atoms with E-state index in [9.17, 15) is 0 Å². The Morgan fingerprint density at radius 1 is 1.50 bits per heavy atom. The van der Waals surface area contributed by atoms with Crippen molar-refractivity contribution in [1.29, 1.82) is 0 Å². The van der Waals surface area contributed by atoms with Gasteiger partial charge in [-0.15, -0.1) is 22.7 Å². The number of thiazole rings is 1. The monoisotopic (exact) mass is 226 g/mol. The van der Waals surface area contributed by atoms with Crippen molar-refractivity contribution in [3.63, 3.8) is 0 Å². The fraction of sp³-hybridized carbons (Fsp3) is 0.222. The predicted octanol–water partition coefficient (Wildman–Crippen LogP) is 1.86. The van der Waals surface area contributed by atoms with Gasteiger partial charge in [-0.05, 0) is 11.4 Å². The van der Waals surface area contributed by atoms with Crippen LogP contribution in [0, 0.1) is 0 Å². The van der Waals surface area contributed by atoms with Gasteiger partial charge in [-0.25, -0.2) is 4.98 Å². The third kappa shape index (κ3) is 1.85. The van der Waals surface area contributed by atoms with Crippen molar-refractivity contribution in [3.8, 4) is 10.6 Å². The third-order valence-corrected chi connectivity index (χ3v) is 3.68. The van der Waals surface area contributed by atoms with Crippen LogP contribution in [0.25, 0.3) is 10.6 Å². The fourth-order valence-corrected chi connectivity index (χ4v) is 2.65. The van der Waals surface area contributed by atoms with Gasteiger partial charge in [0.15, 0.2) is 0 Å². The molecular weight excluding hydrogens is 216 g/mol. The molecule has 0 aromatic carbocycles. The van der Waals surface area contributed by atoms with Gasteiger partial charge in [0.25, 0.3) is 0 Å². The summed E-state index contributed by atoms with van der Waals surface area (Å²) in [6.07, 6.45) is 0. The Hall–Kier alpha value is -0.750. The number of nitrogens with zero attached hydrogens (tertiary/aromatic N) is 1. The Bertz CT molecular complexity index is 397. The molecule has 0 radical (unpaired) electrons. The minimum atomic E-state index is -0.353. The normalized spacial score (nSPS) is 13.0. The summed E-state index contributed by atoms with van der Waals surface area (Å²) in [6.45, 7) is -0.0581. The van der Waals surface area contributed by atoms with Gasteiger partial charge in [-0.2, -0.15) is 0 Å². The van der Waals surface area contributed by atoms with E-state index in [1.807, 2.05) is 22.9 Å². The van der Waals surface area contributed by atoms with Crippen LogP contribution in [-0.2, 0) is 0 Å². The van der Waals surface area contributed by atoms with E-state index in [1.54, 1.807) is 11.3 Å². The Morgan fingerprint density at radius 2 is 2.36 bits per heavy atom. The summed E-state index contributed by atoms with van der Waals surface area (Å²) in [5.74, 6) is 0. The van der Waals surface area contributed by atoms with Crippen LogP contribution in [0.4, 0.5) is 0 Å². The van der Waals surface area contributed by atoms with Gasteiger partial charge in [0.05, 0.1) is 23.2 Å². The number of nitrogens with two attached hydrogens (primary N) is 1. The second-order valence-corrected chi connectivity index (χ2v) is 4.67. The van der Waals surface area contributed by atoms with Gasteiger partial charge in [-0.1, -0.05) is 6.07 Å². The van der Waals surface area contributed by atoms with Crippen LogP contribution in [0.1, 0.15) is 11.0 Å². The summed E-state index contributed by atoms with van der Waals surface area (Å²) in [7, 11) is 0. The molecule has 0 aliphatic carbocycles. The van der Waals surface area contributed by atoms with Crippen LogP contribution in [0.3, 0.4) is 0 Å². The Morgan fingerprint density at radius 3 is 3.00 bits per heavy atom. The summed E-state index contributed by atoms with van der Waals surface area (Å²) in [5.41, 5.74) is 6.61. The van der Waals surface area contributed by atoms with Crippen molar-refractivity contribution >= 4 is 22.7 Å². The molecule has 3 nitrogen and oxygen atoms in total. The highest BCUT2D eigenvalue weighted by Crippen LogP contribution is 2.27. The summed E-state index contributed by atoms with van der Waals surface area (Å²) in [5, 5.41) is 13.6. The molecule has 0 amide bonds. The largest absolute Gasteiger partial charge is 0.394 e. The lowest BCUT2D eigenvalue weighted by Gasteiger charge is -2.01. The van der Waals surface area contributed by atoms with Crippen LogP contribution < -0.4 is 5.73 Å². The molecule has 1 unspecified atom stereocenters. The minimum Gasteiger partial charge on any atom is -0.394 e. The highest BCUT2D eigenvalue weighted by atomic mass is 32.1. The molecule has 5 heteroatoms. The number of thiophene rings is 1. The van der Waals surface area contributed by atoms with E-state index in [0.717, 1.165) is 15.6 Å². The molecule has 74 valence electrons. The molecule has 0 saturated heterocycles. The first kappa shape index (κ1) is 9.79. The van der Waals surface area contributed by atoms with Crippen molar-refractivity contribution < 1.29 is 5.11 Å². The predicted molar refractivity (Wildman–Crippen MR) is 59.4 cm³/mol. The zero-order valence-corrected chi connectivity index (χ0v) is 9.02. The topological polar surface area (TPSA) is 59.1 Å². The number of aliphatic hydroxyl groups is 1. The molecule has 2 rings (SSSR count). The zero-order chi connectivity index (χ0) is 9.97. The highest BCUT2D eigenvalue weighted by Gasteiger charge is 2.10. The quantitative estimate of drug-likeness (QED) is 0.840. The SMILES string of the molecule is NC(CO)c1nc(-c2cccs2)cs1. The minimum absolute atomic E-state index is 0.0581. The first-order valence-electron chi connectivity index (χ1n) is 4.17. The molecule has 0 bridgehead atoms. The summed E-state index contributed by atoms with van der Waals surface area (Å²) >= 11 is 3.14. The average Bonchev–Trinajstić information content (AvgIpc) is 2.86. The number of hydrogen-bond acceptors (Lipinski definition) is 5. The van der Waals surface area contributed by atoms with Crippen molar-refractivity contribution in [2.24, 2.45) is 5.73 Å². The molecule has 0 aliphatic rings. The molecule has 0 aliphatic heterocycles. The van der Waals surface area contributed by atoms with Gasteiger partial charge < -0.3 is 10.8 Å². The van der Waals surface area contributed by atoms with E-state index in [-0.39, 0.29) is 12.6 Å². The standard InChI is InChI=1S/C9H10N2OS2/c10-6(4-12)9-11-7(5-14-9)8-2-1-3-13-8/h1-3,5-6,12H,4,10H2. The highest BCUT2D eigenvalue weighted by molar-refractivity contribution is 7.14. The van der Waals surface area contributed by atoms with Crippen molar-refractivity contribution in [1.82, 2.24) is 4.98 Å². The lowest BCUT2D eigenvalue weighted by atomic mass is 10.3. The van der Waals surface area contributed by atoms with E-state index < -0.39 is 0 Å². The van der Waals surface area contributed by atoms with E-state index in [4.69, 9.17) is 10.8 Å². The second-order valence-electron chi connectivity index (χ2n) is 2.84. The van der Waals surface area contributed by atoms with Crippen LogP contribution in [0.5, 0.6) is 0 Å². The van der Waals surface area contributed by atoms with E-state index >= 15 is 0 Å². The zero-order valence-electron chi connectivity index (χ0n) is 7.38. The molecular formula is C9H10N2OS2. The Labute approximate surface area is 89.9 Å². The van der Waals surface area contributed by atoms with Crippen LogP contribution >= 0.6 is 22.7 Å². The number of rotatable bonds is 3. The molecule has 2 aromatic heterocycles. The van der Waals surface area contributed by atoms with Gasteiger partial charge >= 0.3 is 0 Å². The van der Waals surface area contributed by atoms with Crippen LogP contribution in [0.15, 0.2) is 22.9 Å². The lowest BCUT2D eigenvalue weighted by molar-refractivity contribution is 0.268. The maximum absolute atomic E-state index is 8.87. The van der Waals surface area contributed by atoms with Gasteiger partial charge in [0.2, 0.25) is 0 Å². The fourth-order valence-electron chi connectivity index (χ4n) is 1.07. The summed E-state index contributed by atoms with van der Waals surface area (Å²) in [6, 6.07) is 3.66. The average molecular weight is 226 g/mol. The maximum Gasteiger partial charge on any atom is 0.112 e. The molecule has 2 heterocycles. The van der Waals surface area contributed by atoms with E-state index in [2.05, 4.69) is 4.98 Å². The number of aromatic nitrogens is 1. The molecule has 0 spiro atoms. The van der Waals surface area contributed by atoms with E-state index in [1.165, 1.54) is 11.3 Å². The molecule has 1 atom stereocenters. The number of hydrogen-bond donors (Lipinski definition) is 2.